The molecule has 1 aromatic carbocycles. The first-order valence-electron chi connectivity index (χ1n) is 6.08. The monoisotopic (exact) mass is 289 g/mol. The smallest absolute Gasteiger partial charge is 0.150 e. The van der Waals surface area contributed by atoms with Crippen molar-refractivity contribution in [1.82, 2.24) is 0 Å². The van der Waals surface area contributed by atoms with Crippen molar-refractivity contribution in [2.45, 2.75) is 32.7 Å². The average Bonchev–Trinajstić information content (AvgIpc) is 2.32. The van der Waals surface area contributed by atoms with Gasteiger partial charge in [0.25, 0.3) is 0 Å². The highest BCUT2D eigenvalue weighted by Crippen LogP contribution is 2.22. The normalized spacial score (nSPS) is 13.6. The number of sulfone groups is 1. The van der Waals surface area contributed by atoms with Gasteiger partial charge in [-0.3, -0.25) is 0 Å². The maximum atomic E-state index is 11.4. The number of benzene rings is 1. The Morgan fingerprint density at radius 1 is 1.39 bits per heavy atom. The van der Waals surface area contributed by atoms with Crippen molar-refractivity contribution in [3.05, 3.63) is 34.3 Å². The molecule has 0 aromatic heterocycles. The number of hydrogen-bond acceptors (Lipinski definition) is 3. The lowest BCUT2D eigenvalue weighted by Gasteiger charge is -2.13. The lowest BCUT2D eigenvalue weighted by molar-refractivity contribution is 0.584. The summed E-state index contributed by atoms with van der Waals surface area (Å²) in [4.78, 5) is 0. The molecule has 0 aliphatic rings. The quantitative estimate of drug-likeness (QED) is 0.876. The summed E-state index contributed by atoms with van der Waals surface area (Å²) in [7, 11) is -2.89. The molecule has 0 bridgehead atoms. The van der Waals surface area contributed by atoms with Crippen molar-refractivity contribution in [3.63, 3.8) is 0 Å². The van der Waals surface area contributed by atoms with E-state index in [0.717, 1.165) is 11.1 Å². The van der Waals surface area contributed by atoms with E-state index in [0.29, 0.717) is 17.9 Å². The third-order valence-electron chi connectivity index (χ3n) is 3.03. The molecule has 1 unspecified atom stereocenters. The standard InChI is InChI=1S/C13H20ClNO2S/c1-3-18(16,17)8-4-5-13(15)11-7-6-10(2)12(14)9-11/h6-7,9,13H,3-5,8,15H2,1-2H3. The van der Waals surface area contributed by atoms with Crippen LogP contribution in [0.15, 0.2) is 18.2 Å². The molecule has 0 amide bonds. The Hall–Kier alpha value is -0.580. The van der Waals surface area contributed by atoms with Gasteiger partial charge in [0, 0.05) is 16.8 Å². The second-order valence-corrected chi connectivity index (χ2v) is 7.37. The number of hydrogen-bond donors (Lipinski definition) is 1. The molecule has 5 heteroatoms. The molecule has 2 N–H and O–H groups in total. The molecular formula is C13H20ClNO2S. The fourth-order valence-corrected chi connectivity index (χ4v) is 2.76. The van der Waals surface area contributed by atoms with E-state index in [-0.39, 0.29) is 17.5 Å². The molecule has 0 heterocycles. The summed E-state index contributed by atoms with van der Waals surface area (Å²) < 4.78 is 22.7. The maximum Gasteiger partial charge on any atom is 0.150 e. The first kappa shape index (κ1) is 15.5. The van der Waals surface area contributed by atoms with Gasteiger partial charge in [-0.15, -0.1) is 0 Å². The van der Waals surface area contributed by atoms with Crippen molar-refractivity contribution in [3.8, 4) is 0 Å². The molecule has 0 aliphatic carbocycles. The van der Waals surface area contributed by atoms with E-state index in [1.54, 1.807) is 6.92 Å². The van der Waals surface area contributed by atoms with Crippen molar-refractivity contribution in [1.29, 1.82) is 0 Å². The van der Waals surface area contributed by atoms with Crippen LogP contribution in [-0.4, -0.2) is 19.9 Å². The van der Waals surface area contributed by atoms with Crippen molar-refractivity contribution in [2.75, 3.05) is 11.5 Å². The van der Waals surface area contributed by atoms with Gasteiger partial charge in [-0.2, -0.15) is 0 Å². The second kappa shape index (κ2) is 6.55. The molecule has 3 nitrogen and oxygen atoms in total. The minimum atomic E-state index is -2.89. The minimum absolute atomic E-state index is 0.157. The molecule has 1 aromatic rings. The largest absolute Gasteiger partial charge is 0.324 e. The van der Waals surface area contributed by atoms with Gasteiger partial charge in [0.05, 0.1) is 5.75 Å². The third kappa shape index (κ3) is 4.59. The van der Waals surface area contributed by atoms with Gasteiger partial charge >= 0.3 is 0 Å². The second-order valence-electron chi connectivity index (χ2n) is 4.49. The Morgan fingerprint density at radius 3 is 2.61 bits per heavy atom. The molecule has 0 radical (unpaired) electrons. The van der Waals surface area contributed by atoms with E-state index in [9.17, 15) is 8.42 Å². The number of nitrogens with two attached hydrogens (primary N) is 1. The zero-order chi connectivity index (χ0) is 13.8. The maximum absolute atomic E-state index is 11.4. The van der Waals surface area contributed by atoms with Gasteiger partial charge in [0.15, 0.2) is 0 Å². The van der Waals surface area contributed by atoms with Crippen LogP contribution in [0.2, 0.25) is 5.02 Å². The fraction of sp³-hybridized carbons (Fsp3) is 0.538. The molecule has 0 spiro atoms. The first-order chi connectivity index (χ1) is 8.35. The lowest BCUT2D eigenvalue weighted by Crippen LogP contribution is -2.14. The van der Waals surface area contributed by atoms with Crippen molar-refractivity contribution in [2.24, 2.45) is 5.73 Å². The molecule has 0 aliphatic heterocycles. The molecule has 1 atom stereocenters. The Bertz CT molecular complexity index is 500. The van der Waals surface area contributed by atoms with Crippen LogP contribution < -0.4 is 5.73 Å². The highest BCUT2D eigenvalue weighted by atomic mass is 35.5. The summed E-state index contributed by atoms with van der Waals surface area (Å²) >= 11 is 6.04. The van der Waals surface area contributed by atoms with Crippen LogP contribution in [-0.2, 0) is 9.84 Å². The van der Waals surface area contributed by atoms with Crippen LogP contribution in [0.5, 0.6) is 0 Å². The van der Waals surface area contributed by atoms with E-state index in [1.807, 2.05) is 25.1 Å². The number of halogens is 1. The molecule has 102 valence electrons. The topological polar surface area (TPSA) is 60.2 Å². The Labute approximate surface area is 114 Å². The average molecular weight is 290 g/mol. The minimum Gasteiger partial charge on any atom is -0.324 e. The zero-order valence-electron chi connectivity index (χ0n) is 10.8. The van der Waals surface area contributed by atoms with E-state index in [4.69, 9.17) is 17.3 Å². The summed E-state index contributed by atoms with van der Waals surface area (Å²) in [5.74, 6) is 0.398. The van der Waals surface area contributed by atoms with Gasteiger partial charge < -0.3 is 5.73 Å². The summed E-state index contributed by atoms with van der Waals surface area (Å²) in [5.41, 5.74) is 8.00. The highest BCUT2D eigenvalue weighted by molar-refractivity contribution is 7.91. The Morgan fingerprint density at radius 2 is 2.06 bits per heavy atom. The van der Waals surface area contributed by atoms with Gasteiger partial charge in [0.2, 0.25) is 0 Å². The molecule has 0 saturated heterocycles. The molecular weight excluding hydrogens is 270 g/mol. The van der Waals surface area contributed by atoms with Crippen LogP contribution in [0.25, 0.3) is 0 Å². The summed E-state index contributed by atoms with van der Waals surface area (Å²) in [6, 6.07) is 5.58. The predicted octanol–water partition coefficient (Wildman–Crippen LogP) is 2.86. The van der Waals surface area contributed by atoms with Crippen LogP contribution >= 0.6 is 11.6 Å². The van der Waals surface area contributed by atoms with Gasteiger partial charge in [0.1, 0.15) is 9.84 Å². The molecule has 0 saturated carbocycles. The SMILES string of the molecule is CCS(=O)(=O)CCCC(N)c1ccc(C)c(Cl)c1. The Balaban J connectivity index is 2.55. The van der Waals surface area contributed by atoms with Crippen molar-refractivity contribution >= 4 is 21.4 Å². The zero-order valence-corrected chi connectivity index (χ0v) is 12.4. The highest BCUT2D eigenvalue weighted by Gasteiger charge is 2.11. The van der Waals surface area contributed by atoms with Crippen LogP contribution in [0.4, 0.5) is 0 Å². The van der Waals surface area contributed by atoms with Crippen molar-refractivity contribution < 1.29 is 8.42 Å². The number of rotatable bonds is 6. The van der Waals surface area contributed by atoms with Gasteiger partial charge in [-0.1, -0.05) is 30.7 Å². The van der Waals surface area contributed by atoms with Gasteiger partial charge in [-0.25, -0.2) is 8.42 Å². The number of aryl methyl sites for hydroxylation is 1. The van der Waals surface area contributed by atoms with Gasteiger partial charge in [-0.05, 0) is 37.0 Å². The molecule has 0 fully saturated rings. The molecule has 18 heavy (non-hydrogen) atoms. The van der Waals surface area contributed by atoms with E-state index in [1.165, 1.54) is 0 Å². The fourth-order valence-electron chi connectivity index (χ4n) is 1.67. The summed E-state index contributed by atoms with van der Waals surface area (Å²) in [5, 5.41) is 0.698. The van der Waals surface area contributed by atoms with Crippen LogP contribution in [0.3, 0.4) is 0 Å². The van der Waals surface area contributed by atoms with E-state index >= 15 is 0 Å². The molecule has 1 rings (SSSR count). The summed E-state index contributed by atoms with van der Waals surface area (Å²) in [6.07, 6.45) is 1.24. The van der Waals surface area contributed by atoms with E-state index < -0.39 is 9.84 Å². The predicted molar refractivity (Wildman–Crippen MR) is 76.7 cm³/mol. The first-order valence-corrected chi connectivity index (χ1v) is 8.27. The summed E-state index contributed by atoms with van der Waals surface area (Å²) in [6.45, 7) is 3.60. The van der Waals surface area contributed by atoms with E-state index in [2.05, 4.69) is 0 Å². The lowest BCUT2D eigenvalue weighted by atomic mass is 10.0. The van der Waals surface area contributed by atoms with Crippen LogP contribution in [0.1, 0.15) is 36.9 Å². The third-order valence-corrected chi connectivity index (χ3v) is 5.23. The Kier molecular flexibility index (Phi) is 5.63. The van der Waals surface area contributed by atoms with Crippen LogP contribution in [0, 0.1) is 6.92 Å².